The lowest BCUT2D eigenvalue weighted by Gasteiger charge is -2.11. The molecule has 0 atom stereocenters. The highest BCUT2D eigenvalue weighted by Crippen LogP contribution is 2.32. The lowest BCUT2D eigenvalue weighted by molar-refractivity contribution is 0.0956. The molecule has 1 heterocycles. The number of nitrogens with zero attached hydrogens (tertiary/aromatic N) is 2. The lowest BCUT2D eigenvalue weighted by Crippen LogP contribution is -2.22. The van der Waals surface area contributed by atoms with Crippen molar-refractivity contribution in [3.05, 3.63) is 52.7 Å². The minimum absolute atomic E-state index is 0.0928. The third-order valence-electron chi connectivity index (χ3n) is 4.28. The van der Waals surface area contributed by atoms with Crippen LogP contribution in [0.25, 0.3) is 17.3 Å². The van der Waals surface area contributed by atoms with Crippen LogP contribution in [0.1, 0.15) is 41.0 Å². The summed E-state index contributed by atoms with van der Waals surface area (Å²) in [4.78, 5) is 12.0. The van der Waals surface area contributed by atoms with E-state index in [1.165, 1.54) is 0 Å². The van der Waals surface area contributed by atoms with Gasteiger partial charge in [0.25, 0.3) is 5.91 Å². The molecule has 0 saturated heterocycles. The molecule has 0 aliphatic heterocycles. The number of hydrogen-bond donors (Lipinski definition) is 1. The zero-order valence-electron chi connectivity index (χ0n) is 15.8. The predicted octanol–water partition coefficient (Wildman–Crippen LogP) is 3.76. The molecule has 1 N–H and O–H groups in total. The average Bonchev–Trinajstić information content (AvgIpc) is 2.93. The van der Waals surface area contributed by atoms with Crippen LogP contribution in [0, 0.1) is 18.3 Å². The molecular weight excluding hydrogens is 326 g/mol. The van der Waals surface area contributed by atoms with Crippen molar-refractivity contribution in [1.82, 2.24) is 9.88 Å². The minimum Gasteiger partial charge on any atom is -0.381 e. The van der Waals surface area contributed by atoms with Crippen LogP contribution >= 0.6 is 0 Å². The molecule has 1 aromatic carbocycles. The summed E-state index contributed by atoms with van der Waals surface area (Å²) in [5.74, 6) is -0.0928. The molecule has 0 aliphatic rings. The minimum atomic E-state index is -0.0928. The molecule has 0 unspecified atom stereocenters. The summed E-state index contributed by atoms with van der Waals surface area (Å²) in [5, 5.41) is 12.5. The van der Waals surface area contributed by atoms with Crippen molar-refractivity contribution < 1.29 is 9.53 Å². The average molecular weight is 351 g/mol. The van der Waals surface area contributed by atoms with Crippen LogP contribution in [0.2, 0.25) is 0 Å². The maximum atomic E-state index is 12.0. The monoisotopic (exact) mass is 351 g/mol. The Bertz CT molecular complexity index is 840. The summed E-state index contributed by atoms with van der Waals surface area (Å²) in [6.07, 6.45) is 3.94. The van der Waals surface area contributed by atoms with E-state index in [1.807, 2.05) is 38.1 Å². The molecule has 0 fully saturated rings. The van der Waals surface area contributed by atoms with Gasteiger partial charge in [-0.05, 0) is 50.1 Å². The van der Waals surface area contributed by atoms with E-state index < -0.39 is 0 Å². The van der Waals surface area contributed by atoms with Gasteiger partial charge in [-0.2, -0.15) is 5.26 Å². The van der Waals surface area contributed by atoms with Crippen molar-refractivity contribution in [3.8, 4) is 17.3 Å². The molecule has 0 aliphatic carbocycles. The Balaban J connectivity index is 2.53. The molecular formula is C21H25N3O2. The topological polar surface area (TPSA) is 67.1 Å². The van der Waals surface area contributed by atoms with Gasteiger partial charge >= 0.3 is 0 Å². The van der Waals surface area contributed by atoms with E-state index in [1.54, 1.807) is 19.2 Å². The Labute approximate surface area is 154 Å². The maximum absolute atomic E-state index is 12.0. The van der Waals surface area contributed by atoms with Gasteiger partial charge in [-0.3, -0.25) is 4.79 Å². The Morgan fingerprint density at radius 2 is 2.00 bits per heavy atom. The first kappa shape index (κ1) is 19.5. The molecule has 2 aromatic rings. The molecule has 1 aromatic heterocycles. The summed E-state index contributed by atoms with van der Waals surface area (Å²) < 4.78 is 7.21. The molecule has 0 spiro atoms. The smallest absolute Gasteiger partial charge is 0.251 e. The zero-order chi connectivity index (χ0) is 19.1. The second kappa shape index (κ2) is 9.02. The first-order chi connectivity index (χ1) is 12.6. The number of nitrogens with one attached hydrogen (secondary N) is 1. The molecule has 136 valence electrons. The molecule has 0 bridgehead atoms. The van der Waals surface area contributed by atoms with E-state index in [0.29, 0.717) is 24.3 Å². The number of carbonyl (C=O) groups excluding carboxylic acids is 1. The predicted molar refractivity (Wildman–Crippen MR) is 104 cm³/mol. The van der Waals surface area contributed by atoms with Crippen LogP contribution in [0.15, 0.2) is 30.3 Å². The molecule has 1 amide bonds. The van der Waals surface area contributed by atoms with Crippen molar-refractivity contribution in [2.75, 3.05) is 20.3 Å². The van der Waals surface area contributed by atoms with Crippen LogP contribution in [0.3, 0.4) is 0 Å². The quantitative estimate of drug-likeness (QED) is 0.826. The van der Waals surface area contributed by atoms with Crippen LogP contribution in [0.5, 0.6) is 0 Å². The van der Waals surface area contributed by atoms with Crippen molar-refractivity contribution >= 4 is 12.0 Å². The second-order valence-electron chi connectivity index (χ2n) is 5.88. The fraction of sp³-hybridized carbons (Fsp3) is 0.333. The molecule has 0 radical (unpaired) electrons. The van der Waals surface area contributed by atoms with Crippen LogP contribution in [-0.4, -0.2) is 30.7 Å². The van der Waals surface area contributed by atoms with E-state index in [4.69, 9.17) is 4.74 Å². The number of amides is 1. The van der Waals surface area contributed by atoms with Crippen molar-refractivity contribution in [3.63, 3.8) is 0 Å². The number of aromatic nitrogens is 1. The van der Waals surface area contributed by atoms with Gasteiger partial charge in [-0.15, -0.1) is 0 Å². The van der Waals surface area contributed by atoms with Gasteiger partial charge in [0, 0.05) is 31.5 Å². The summed E-state index contributed by atoms with van der Waals surface area (Å²) in [5.41, 5.74) is 5.03. The van der Waals surface area contributed by atoms with Crippen molar-refractivity contribution in [2.45, 2.75) is 27.3 Å². The van der Waals surface area contributed by atoms with Gasteiger partial charge in [0.1, 0.15) is 6.07 Å². The molecule has 2 rings (SSSR count). The Hall–Kier alpha value is -2.84. The fourth-order valence-corrected chi connectivity index (χ4v) is 3.04. The first-order valence-electron chi connectivity index (χ1n) is 8.76. The van der Waals surface area contributed by atoms with E-state index in [2.05, 4.69) is 22.9 Å². The third kappa shape index (κ3) is 3.87. The first-order valence-corrected chi connectivity index (χ1v) is 8.76. The number of hydrogen-bond acceptors (Lipinski definition) is 3. The lowest BCUT2D eigenvalue weighted by atomic mass is 10.0. The normalized spacial score (nSPS) is 10.9. The number of nitriles is 1. The highest BCUT2D eigenvalue weighted by atomic mass is 16.5. The van der Waals surface area contributed by atoms with E-state index in [-0.39, 0.29) is 5.91 Å². The highest BCUT2D eigenvalue weighted by molar-refractivity contribution is 5.94. The van der Waals surface area contributed by atoms with Gasteiger partial charge in [-0.25, -0.2) is 0 Å². The third-order valence-corrected chi connectivity index (χ3v) is 4.28. The molecule has 5 heteroatoms. The standard InChI is InChI=1S/C21H25N3O2/c1-5-23-21(25)17-11-9-16(10-12-17)20-18(14-22)15(3)19(24(20)6-2)8-7-13-26-4/h7-12H,5-6,13H2,1-4H3,(H,23,25)/b8-7-. The fourth-order valence-electron chi connectivity index (χ4n) is 3.04. The van der Waals surface area contributed by atoms with Crippen LogP contribution in [-0.2, 0) is 11.3 Å². The molecule has 5 nitrogen and oxygen atoms in total. The number of rotatable bonds is 7. The van der Waals surface area contributed by atoms with Gasteiger partial charge in [-0.1, -0.05) is 18.2 Å². The number of benzene rings is 1. The Morgan fingerprint density at radius 3 is 2.54 bits per heavy atom. The van der Waals surface area contributed by atoms with Crippen molar-refractivity contribution in [2.24, 2.45) is 0 Å². The summed E-state index contributed by atoms with van der Waals surface area (Å²) in [7, 11) is 1.65. The largest absolute Gasteiger partial charge is 0.381 e. The number of methoxy groups -OCH3 is 1. The maximum Gasteiger partial charge on any atom is 0.251 e. The Kier molecular flexibility index (Phi) is 6.76. The zero-order valence-corrected chi connectivity index (χ0v) is 15.8. The second-order valence-corrected chi connectivity index (χ2v) is 5.88. The SMILES string of the molecule is CCNC(=O)c1ccc(-c2c(C#N)c(C)c(/C=C\COC)n2CC)cc1. The summed E-state index contributed by atoms with van der Waals surface area (Å²) >= 11 is 0. The highest BCUT2D eigenvalue weighted by Gasteiger charge is 2.19. The van der Waals surface area contributed by atoms with Gasteiger partial charge in [0.15, 0.2) is 0 Å². The number of carbonyl (C=O) groups is 1. The molecule has 0 saturated carbocycles. The van der Waals surface area contributed by atoms with Gasteiger partial charge in [0.05, 0.1) is 17.9 Å². The number of ether oxygens (including phenoxy) is 1. The van der Waals surface area contributed by atoms with Gasteiger partial charge in [0.2, 0.25) is 0 Å². The van der Waals surface area contributed by atoms with Crippen LogP contribution in [0.4, 0.5) is 0 Å². The van der Waals surface area contributed by atoms with Crippen molar-refractivity contribution in [1.29, 1.82) is 5.26 Å². The van der Waals surface area contributed by atoms with E-state index >= 15 is 0 Å². The van der Waals surface area contributed by atoms with E-state index in [0.717, 1.165) is 29.1 Å². The van der Waals surface area contributed by atoms with Crippen LogP contribution < -0.4 is 5.32 Å². The van der Waals surface area contributed by atoms with E-state index in [9.17, 15) is 10.1 Å². The summed E-state index contributed by atoms with van der Waals surface area (Å²) in [6.45, 7) is 7.76. The Morgan fingerprint density at radius 1 is 1.31 bits per heavy atom. The van der Waals surface area contributed by atoms with Gasteiger partial charge < -0.3 is 14.6 Å². The summed E-state index contributed by atoms with van der Waals surface area (Å²) in [6, 6.07) is 9.73. The molecule has 26 heavy (non-hydrogen) atoms.